The molecule has 114 valence electrons. The molecule has 3 N–H and O–H groups in total. The average molecular weight is 286 g/mol. The van der Waals surface area contributed by atoms with Crippen molar-refractivity contribution in [1.82, 2.24) is 10.6 Å². The molecule has 7 heteroatoms. The van der Waals surface area contributed by atoms with Crippen molar-refractivity contribution in [2.45, 2.75) is 39.3 Å². The third-order valence-electron chi connectivity index (χ3n) is 2.38. The minimum absolute atomic E-state index is 0.0330. The van der Waals surface area contributed by atoms with E-state index in [0.717, 1.165) is 0 Å². The summed E-state index contributed by atoms with van der Waals surface area (Å²) in [6.45, 7) is 8.58. The maximum absolute atomic E-state index is 11.8. The van der Waals surface area contributed by atoms with E-state index in [-0.39, 0.29) is 12.5 Å². The summed E-state index contributed by atoms with van der Waals surface area (Å²) in [6.07, 6.45) is 0.950. The number of carbonyl (C=O) groups is 3. The average Bonchev–Trinajstić information content (AvgIpc) is 2.34. The van der Waals surface area contributed by atoms with E-state index < -0.39 is 30.1 Å². The molecule has 0 fully saturated rings. The first kappa shape index (κ1) is 17.9. The van der Waals surface area contributed by atoms with Gasteiger partial charge in [-0.25, -0.2) is 9.59 Å². The van der Waals surface area contributed by atoms with Crippen molar-refractivity contribution in [1.29, 1.82) is 0 Å². The molecule has 0 radical (unpaired) electrons. The van der Waals surface area contributed by atoms with Crippen LogP contribution in [0.25, 0.3) is 0 Å². The SMILES string of the molecule is C=CCOC(=O)N[C@@H](C)C(=O)N[C@@H](CC(C)C)C(=O)O. The minimum Gasteiger partial charge on any atom is -0.480 e. The van der Waals surface area contributed by atoms with Gasteiger partial charge >= 0.3 is 12.1 Å². The van der Waals surface area contributed by atoms with E-state index in [1.807, 2.05) is 13.8 Å². The second kappa shape index (κ2) is 8.95. The number of amides is 2. The molecule has 0 spiro atoms. The van der Waals surface area contributed by atoms with Crippen molar-refractivity contribution < 1.29 is 24.2 Å². The van der Waals surface area contributed by atoms with Crippen LogP contribution in [-0.4, -0.2) is 41.8 Å². The Morgan fingerprint density at radius 2 is 1.85 bits per heavy atom. The summed E-state index contributed by atoms with van der Waals surface area (Å²) in [5.74, 6) is -1.56. The molecule has 0 aliphatic rings. The van der Waals surface area contributed by atoms with Gasteiger partial charge in [-0.05, 0) is 19.3 Å². The first-order valence-corrected chi connectivity index (χ1v) is 6.35. The van der Waals surface area contributed by atoms with Gasteiger partial charge in [0.2, 0.25) is 5.91 Å². The smallest absolute Gasteiger partial charge is 0.408 e. The first-order valence-electron chi connectivity index (χ1n) is 6.35. The lowest BCUT2D eigenvalue weighted by Crippen LogP contribution is -2.50. The standard InChI is InChI=1S/C13H22N2O5/c1-5-6-20-13(19)14-9(4)11(16)15-10(12(17)18)7-8(2)3/h5,8-10H,1,6-7H2,2-4H3,(H,14,19)(H,15,16)(H,17,18)/t9-,10-/m0/s1. The predicted octanol–water partition coefficient (Wildman–Crippen LogP) is 0.903. The molecule has 0 aliphatic heterocycles. The monoisotopic (exact) mass is 286 g/mol. The summed E-state index contributed by atoms with van der Waals surface area (Å²) >= 11 is 0. The van der Waals surface area contributed by atoms with E-state index in [9.17, 15) is 14.4 Å². The van der Waals surface area contributed by atoms with Gasteiger partial charge in [0.25, 0.3) is 0 Å². The Morgan fingerprint density at radius 1 is 1.25 bits per heavy atom. The van der Waals surface area contributed by atoms with Crippen LogP contribution in [0.5, 0.6) is 0 Å². The summed E-state index contributed by atoms with van der Waals surface area (Å²) in [7, 11) is 0. The van der Waals surface area contributed by atoms with E-state index in [4.69, 9.17) is 5.11 Å². The molecule has 2 atom stereocenters. The predicted molar refractivity (Wildman–Crippen MR) is 73.2 cm³/mol. The Hall–Kier alpha value is -2.05. The molecule has 0 saturated carbocycles. The van der Waals surface area contributed by atoms with Gasteiger partial charge in [0.05, 0.1) is 0 Å². The molecule has 0 unspecified atom stereocenters. The number of aliphatic carboxylic acids is 1. The number of carboxylic acids is 1. The molecule has 0 aliphatic carbocycles. The number of nitrogens with one attached hydrogen (secondary N) is 2. The molecule has 0 bridgehead atoms. The van der Waals surface area contributed by atoms with Crippen LogP contribution >= 0.6 is 0 Å². The van der Waals surface area contributed by atoms with E-state index >= 15 is 0 Å². The zero-order valence-corrected chi connectivity index (χ0v) is 12.0. The highest BCUT2D eigenvalue weighted by atomic mass is 16.5. The van der Waals surface area contributed by atoms with Crippen molar-refractivity contribution in [3.05, 3.63) is 12.7 Å². The van der Waals surface area contributed by atoms with Crippen LogP contribution in [0.3, 0.4) is 0 Å². The Kier molecular flexibility index (Phi) is 8.03. The van der Waals surface area contributed by atoms with Crippen molar-refractivity contribution in [3.8, 4) is 0 Å². The highest BCUT2D eigenvalue weighted by Gasteiger charge is 2.24. The molecule has 7 nitrogen and oxygen atoms in total. The summed E-state index contributed by atoms with van der Waals surface area (Å²) in [5, 5.41) is 13.7. The van der Waals surface area contributed by atoms with Gasteiger partial charge in [-0.3, -0.25) is 4.79 Å². The number of hydrogen-bond acceptors (Lipinski definition) is 4. The Labute approximate surface area is 118 Å². The first-order chi connectivity index (χ1) is 9.27. The van der Waals surface area contributed by atoms with Gasteiger partial charge in [-0.15, -0.1) is 0 Å². The fraction of sp³-hybridized carbons (Fsp3) is 0.615. The van der Waals surface area contributed by atoms with E-state index in [1.54, 1.807) is 0 Å². The van der Waals surface area contributed by atoms with Gasteiger partial charge in [0.15, 0.2) is 0 Å². The van der Waals surface area contributed by atoms with Crippen molar-refractivity contribution in [3.63, 3.8) is 0 Å². The number of ether oxygens (including phenoxy) is 1. The number of rotatable bonds is 8. The quantitative estimate of drug-likeness (QED) is 0.575. The molecule has 0 rings (SSSR count). The number of hydrogen-bond donors (Lipinski definition) is 3. The molecular formula is C13H22N2O5. The zero-order valence-electron chi connectivity index (χ0n) is 12.0. The fourth-order valence-corrected chi connectivity index (χ4v) is 1.41. The van der Waals surface area contributed by atoms with Gasteiger partial charge < -0.3 is 20.5 Å². The molecule has 0 heterocycles. The topological polar surface area (TPSA) is 105 Å². The lowest BCUT2D eigenvalue weighted by molar-refractivity contribution is -0.142. The van der Waals surface area contributed by atoms with Crippen LogP contribution in [-0.2, 0) is 14.3 Å². The van der Waals surface area contributed by atoms with Crippen LogP contribution in [0.1, 0.15) is 27.2 Å². The third kappa shape index (κ3) is 7.40. The van der Waals surface area contributed by atoms with Crippen LogP contribution in [0, 0.1) is 5.92 Å². The summed E-state index contributed by atoms with van der Waals surface area (Å²) < 4.78 is 4.66. The number of carboxylic acid groups (broad SMARTS) is 1. The number of alkyl carbamates (subject to hydrolysis) is 1. The van der Waals surface area contributed by atoms with Gasteiger partial charge in [0, 0.05) is 0 Å². The summed E-state index contributed by atoms with van der Waals surface area (Å²) in [5.41, 5.74) is 0. The Morgan fingerprint density at radius 3 is 2.30 bits per heavy atom. The Balaban J connectivity index is 4.38. The third-order valence-corrected chi connectivity index (χ3v) is 2.38. The normalized spacial score (nSPS) is 13.2. The maximum Gasteiger partial charge on any atom is 0.408 e. The van der Waals surface area contributed by atoms with Crippen molar-refractivity contribution in [2.75, 3.05) is 6.61 Å². The highest BCUT2D eigenvalue weighted by Crippen LogP contribution is 2.05. The maximum atomic E-state index is 11.8. The Bertz CT molecular complexity index is 368. The molecular weight excluding hydrogens is 264 g/mol. The van der Waals surface area contributed by atoms with Crippen molar-refractivity contribution >= 4 is 18.0 Å². The largest absolute Gasteiger partial charge is 0.480 e. The second-order valence-electron chi connectivity index (χ2n) is 4.78. The summed E-state index contributed by atoms with van der Waals surface area (Å²) in [4.78, 5) is 34.0. The highest BCUT2D eigenvalue weighted by molar-refractivity contribution is 5.88. The van der Waals surface area contributed by atoms with Crippen LogP contribution in [0.15, 0.2) is 12.7 Å². The van der Waals surface area contributed by atoms with Gasteiger partial charge in [-0.2, -0.15) is 0 Å². The fourth-order valence-electron chi connectivity index (χ4n) is 1.41. The lowest BCUT2D eigenvalue weighted by atomic mass is 10.0. The van der Waals surface area contributed by atoms with Crippen molar-refractivity contribution in [2.24, 2.45) is 5.92 Å². The van der Waals surface area contributed by atoms with Gasteiger partial charge in [-0.1, -0.05) is 26.5 Å². The van der Waals surface area contributed by atoms with E-state index in [0.29, 0.717) is 6.42 Å². The van der Waals surface area contributed by atoms with E-state index in [1.165, 1.54) is 13.0 Å². The van der Waals surface area contributed by atoms with Crippen LogP contribution in [0.2, 0.25) is 0 Å². The molecule has 20 heavy (non-hydrogen) atoms. The van der Waals surface area contributed by atoms with Crippen LogP contribution < -0.4 is 10.6 Å². The lowest BCUT2D eigenvalue weighted by Gasteiger charge is -2.19. The molecule has 0 aromatic carbocycles. The molecule has 2 amide bonds. The van der Waals surface area contributed by atoms with Gasteiger partial charge in [0.1, 0.15) is 18.7 Å². The van der Waals surface area contributed by atoms with E-state index in [2.05, 4.69) is 21.9 Å². The number of carbonyl (C=O) groups excluding carboxylic acids is 2. The molecule has 0 aromatic rings. The summed E-state index contributed by atoms with van der Waals surface area (Å²) in [6, 6.07) is -1.86. The molecule has 0 aromatic heterocycles. The van der Waals surface area contributed by atoms with Crippen LogP contribution in [0.4, 0.5) is 4.79 Å². The minimum atomic E-state index is -1.10. The molecule has 0 saturated heterocycles. The zero-order chi connectivity index (χ0) is 15.7. The second-order valence-corrected chi connectivity index (χ2v) is 4.78.